The molecule has 0 N–H and O–H groups in total. The number of carbonyl (C=O) groups is 1. The zero-order valence-electron chi connectivity index (χ0n) is 9.86. The SMILES string of the molecule is CCC=C(C#N)C(=O)OOCCOC(C)C. The lowest BCUT2D eigenvalue weighted by Crippen LogP contribution is -2.13. The van der Waals surface area contributed by atoms with E-state index in [2.05, 4.69) is 9.78 Å². The molecule has 5 heteroatoms. The molecule has 0 saturated carbocycles. The van der Waals surface area contributed by atoms with Crippen LogP contribution in [0.2, 0.25) is 0 Å². The van der Waals surface area contributed by atoms with Crippen LogP contribution in [0, 0.1) is 11.3 Å². The molecule has 16 heavy (non-hydrogen) atoms. The summed E-state index contributed by atoms with van der Waals surface area (Å²) in [6, 6.07) is 1.74. The smallest absolute Gasteiger partial charge is 0.376 e. The van der Waals surface area contributed by atoms with Gasteiger partial charge in [0.15, 0.2) is 0 Å². The maximum absolute atomic E-state index is 11.2. The van der Waals surface area contributed by atoms with Gasteiger partial charge in [-0.1, -0.05) is 13.0 Å². The van der Waals surface area contributed by atoms with Crippen LogP contribution in [0.1, 0.15) is 27.2 Å². The standard InChI is InChI=1S/C11H17NO4/c1-4-5-10(8-12)11(13)16-15-7-6-14-9(2)3/h5,9H,4,6-7H2,1-3H3. The summed E-state index contributed by atoms with van der Waals surface area (Å²) in [5, 5.41) is 8.60. The zero-order chi connectivity index (χ0) is 12.4. The maximum atomic E-state index is 11.2. The number of hydrogen-bond donors (Lipinski definition) is 0. The molecule has 0 aromatic rings. The molecule has 0 heterocycles. The van der Waals surface area contributed by atoms with E-state index in [0.29, 0.717) is 13.0 Å². The van der Waals surface area contributed by atoms with Crippen molar-refractivity contribution in [1.29, 1.82) is 5.26 Å². The number of nitriles is 1. The highest BCUT2D eigenvalue weighted by Crippen LogP contribution is 1.99. The Bertz CT molecular complexity index is 278. The van der Waals surface area contributed by atoms with Gasteiger partial charge in [0.05, 0.1) is 12.7 Å². The monoisotopic (exact) mass is 227 g/mol. The minimum atomic E-state index is -0.770. The number of rotatable bonds is 7. The molecular formula is C11H17NO4. The summed E-state index contributed by atoms with van der Waals surface area (Å²) in [5.41, 5.74) is -0.0488. The first-order valence-corrected chi connectivity index (χ1v) is 5.17. The largest absolute Gasteiger partial charge is 0.383 e. The van der Waals surface area contributed by atoms with Crippen LogP contribution in [0.3, 0.4) is 0 Å². The summed E-state index contributed by atoms with van der Waals surface area (Å²) >= 11 is 0. The molecule has 0 spiro atoms. The fourth-order valence-corrected chi connectivity index (χ4v) is 0.837. The van der Waals surface area contributed by atoms with Gasteiger partial charge in [-0.2, -0.15) is 10.1 Å². The van der Waals surface area contributed by atoms with Crippen LogP contribution in [0.5, 0.6) is 0 Å². The Balaban J connectivity index is 3.74. The fourth-order valence-electron chi connectivity index (χ4n) is 0.837. The predicted molar refractivity (Wildman–Crippen MR) is 57.1 cm³/mol. The lowest BCUT2D eigenvalue weighted by Gasteiger charge is -2.06. The van der Waals surface area contributed by atoms with Gasteiger partial charge in [-0.05, 0) is 20.3 Å². The van der Waals surface area contributed by atoms with E-state index in [4.69, 9.17) is 10.00 Å². The molecule has 0 aliphatic carbocycles. The van der Waals surface area contributed by atoms with Crippen molar-refractivity contribution in [2.24, 2.45) is 0 Å². The van der Waals surface area contributed by atoms with Crippen molar-refractivity contribution in [3.63, 3.8) is 0 Å². The maximum Gasteiger partial charge on any atom is 0.383 e. The average molecular weight is 227 g/mol. The molecule has 0 saturated heterocycles. The first-order chi connectivity index (χ1) is 7.61. The Labute approximate surface area is 95.5 Å². The Hall–Kier alpha value is -1.38. The Morgan fingerprint density at radius 2 is 2.12 bits per heavy atom. The predicted octanol–water partition coefficient (Wildman–Crippen LogP) is 1.75. The van der Waals surface area contributed by atoms with Crippen LogP contribution in [0.4, 0.5) is 0 Å². The summed E-state index contributed by atoms with van der Waals surface area (Å²) in [6.45, 7) is 6.09. The third-order valence-electron chi connectivity index (χ3n) is 1.50. The van der Waals surface area contributed by atoms with Crippen molar-refractivity contribution in [2.75, 3.05) is 13.2 Å². The Morgan fingerprint density at radius 1 is 1.44 bits per heavy atom. The van der Waals surface area contributed by atoms with Gasteiger partial charge in [0.1, 0.15) is 18.2 Å². The van der Waals surface area contributed by atoms with Crippen molar-refractivity contribution < 1.29 is 19.3 Å². The van der Waals surface area contributed by atoms with E-state index in [-0.39, 0.29) is 18.3 Å². The number of carbonyl (C=O) groups excluding carboxylic acids is 1. The van der Waals surface area contributed by atoms with Gasteiger partial charge in [-0.15, -0.1) is 0 Å². The van der Waals surface area contributed by atoms with Crippen LogP contribution in [-0.4, -0.2) is 25.3 Å². The van der Waals surface area contributed by atoms with Crippen LogP contribution < -0.4 is 0 Å². The third-order valence-corrected chi connectivity index (χ3v) is 1.50. The average Bonchev–Trinajstić information content (AvgIpc) is 2.24. The summed E-state index contributed by atoms with van der Waals surface area (Å²) < 4.78 is 5.16. The highest BCUT2D eigenvalue weighted by atomic mass is 17.2. The summed E-state index contributed by atoms with van der Waals surface area (Å²) in [6.07, 6.45) is 2.18. The quantitative estimate of drug-likeness (QED) is 0.218. The first-order valence-electron chi connectivity index (χ1n) is 5.17. The van der Waals surface area contributed by atoms with Gasteiger partial charge in [-0.25, -0.2) is 4.79 Å². The van der Waals surface area contributed by atoms with E-state index in [1.807, 2.05) is 20.8 Å². The lowest BCUT2D eigenvalue weighted by atomic mass is 10.2. The zero-order valence-corrected chi connectivity index (χ0v) is 9.86. The topological polar surface area (TPSA) is 68.6 Å². The summed E-state index contributed by atoms with van der Waals surface area (Å²) in [4.78, 5) is 20.2. The van der Waals surface area contributed by atoms with Crippen molar-refractivity contribution in [1.82, 2.24) is 0 Å². The Kier molecular flexibility index (Phi) is 8.12. The van der Waals surface area contributed by atoms with Crippen LogP contribution >= 0.6 is 0 Å². The molecule has 90 valence electrons. The van der Waals surface area contributed by atoms with E-state index >= 15 is 0 Å². The number of ether oxygens (including phenoxy) is 1. The lowest BCUT2D eigenvalue weighted by molar-refractivity contribution is -0.273. The van der Waals surface area contributed by atoms with E-state index < -0.39 is 5.97 Å². The molecular weight excluding hydrogens is 210 g/mol. The van der Waals surface area contributed by atoms with Crippen LogP contribution in [0.25, 0.3) is 0 Å². The molecule has 0 aromatic carbocycles. The van der Waals surface area contributed by atoms with E-state index in [1.165, 1.54) is 6.08 Å². The molecule has 0 rings (SSSR count). The second-order valence-corrected chi connectivity index (χ2v) is 3.25. The van der Waals surface area contributed by atoms with Crippen molar-refractivity contribution in [3.8, 4) is 6.07 Å². The van der Waals surface area contributed by atoms with E-state index in [9.17, 15) is 4.79 Å². The van der Waals surface area contributed by atoms with Crippen molar-refractivity contribution >= 4 is 5.97 Å². The molecule has 0 amide bonds. The molecule has 0 atom stereocenters. The Morgan fingerprint density at radius 3 is 2.62 bits per heavy atom. The van der Waals surface area contributed by atoms with Crippen molar-refractivity contribution in [2.45, 2.75) is 33.3 Å². The van der Waals surface area contributed by atoms with Crippen molar-refractivity contribution in [3.05, 3.63) is 11.6 Å². The van der Waals surface area contributed by atoms with E-state index in [1.54, 1.807) is 6.07 Å². The first kappa shape index (κ1) is 14.6. The molecule has 0 fully saturated rings. The second-order valence-electron chi connectivity index (χ2n) is 3.25. The van der Waals surface area contributed by atoms with Gasteiger partial charge < -0.3 is 4.74 Å². The third kappa shape index (κ3) is 6.98. The molecule has 0 aliphatic rings. The van der Waals surface area contributed by atoms with Crippen LogP contribution in [0.15, 0.2) is 11.6 Å². The highest BCUT2D eigenvalue weighted by molar-refractivity contribution is 5.92. The molecule has 0 bridgehead atoms. The number of allylic oxidation sites excluding steroid dienone is 1. The van der Waals surface area contributed by atoms with Crippen LogP contribution in [-0.2, 0) is 19.3 Å². The van der Waals surface area contributed by atoms with Gasteiger partial charge in [0.2, 0.25) is 0 Å². The molecule has 0 aliphatic heterocycles. The minimum Gasteiger partial charge on any atom is -0.376 e. The fraction of sp³-hybridized carbons (Fsp3) is 0.636. The normalized spacial score (nSPS) is 11.3. The molecule has 5 nitrogen and oxygen atoms in total. The number of nitrogens with zero attached hydrogens (tertiary/aromatic N) is 1. The van der Waals surface area contributed by atoms with Gasteiger partial charge in [-0.3, -0.25) is 4.89 Å². The molecule has 0 aromatic heterocycles. The molecule has 0 unspecified atom stereocenters. The second kappa shape index (κ2) is 8.89. The molecule has 0 radical (unpaired) electrons. The summed E-state index contributed by atoms with van der Waals surface area (Å²) in [7, 11) is 0. The number of hydrogen-bond acceptors (Lipinski definition) is 5. The summed E-state index contributed by atoms with van der Waals surface area (Å²) in [5.74, 6) is -0.770. The van der Waals surface area contributed by atoms with Gasteiger partial charge in [0.25, 0.3) is 0 Å². The highest BCUT2D eigenvalue weighted by Gasteiger charge is 2.10. The van der Waals surface area contributed by atoms with Gasteiger partial charge in [0, 0.05) is 0 Å². The van der Waals surface area contributed by atoms with Gasteiger partial charge >= 0.3 is 5.97 Å². The van der Waals surface area contributed by atoms with E-state index in [0.717, 1.165) is 0 Å². The minimum absolute atomic E-state index is 0.0488.